The van der Waals surface area contributed by atoms with Crippen molar-refractivity contribution in [1.82, 2.24) is 4.98 Å². The van der Waals surface area contributed by atoms with Crippen molar-refractivity contribution in [2.24, 2.45) is 0 Å². The van der Waals surface area contributed by atoms with Crippen molar-refractivity contribution in [2.75, 3.05) is 0 Å². The van der Waals surface area contributed by atoms with Gasteiger partial charge in [0.25, 0.3) is 0 Å². The number of hydrogen-bond acceptors (Lipinski definition) is 1. The minimum atomic E-state index is -0.405. The molecule has 0 amide bonds. The van der Waals surface area contributed by atoms with E-state index in [1.165, 1.54) is 66.8 Å². The zero-order chi connectivity index (χ0) is 40.6. The Balaban J connectivity index is 0.957. The lowest BCUT2D eigenvalue weighted by Crippen LogP contribution is -2.28. The molecule has 1 aromatic heterocycles. The first-order valence-electron chi connectivity index (χ1n) is 21.0. The van der Waals surface area contributed by atoms with E-state index in [-0.39, 0.29) is 0 Å². The normalized spacial score (nSPS) is 12.4. The third-order valence-corrected chi connectivity index (χ3v) is 12.3. The molecule has 61 heavy (non-hydrogen) atoms. The summed E-state index contributed by atoms with van der Waals surface area (Å²) >= 11 is 0. The molecular formula is C60H41N. The Hall–Kier alpha value is -7.87. The van der Waals surface area contributed by atoms with Crippen LogP contribution in [-0.4, -0.2) is 4.98 Å². The summed E-state index contributed by atoms with van der Waals surface area (Å²) in [6, 6.07) is 90.2. The third-order valence-electron chi connectivity index (χ3n) is 12.3. The molecule has 0 bridgehead atoms. The van der Waals surface area contributed by atoms with Gasteiger partial charge < -0.3 is 0 Å². The molecule has 0 saturated heterocycles. The van der Waals surface area contributed by atoms with E-state index in [0.717, 1.165) is 33.6 Å². The lowest BCUT2D eigenvalue weighted by Gasteiger charge is -2.33. The molecule has 0 saturated carbocycles. The van der Waals surface area contributed by atoms with Crippen molar-refractivity contribution >= 4 is 0 Å². The van der Waals surface area contributed by atoms with Gasteiger partial charge in [0, 0.05) is 11.1 Å². The van der Waals surface area contributed by atoms with E-state index < -0.39 is 5.41 Å². The molecule has 0 spiro atoms. The first-order chi connectivity index (χ1) is 30.2. The minimum Gasteiger partial charge on any atom is -0.248 e. The van der Waals surface area contributed by atoms with Crippen LogP contribution in [0.2, 0.25) is 0 Å². The summed E-state index contributed by atoms with van der Waals surface area (Å²) in [4.78, 5) is 5.21. The van der Waals surface area contributed by atoms with E-state index in [0.29, 0.717) is 0 Å². The Kier molecular flexibility index (Phi) is 9.13. The van der Waals surface area contributed by atoms with Gasteiger partial charge in [-0.15, -0.1) is 0 Å². The second-order valence-electron chi connectivity index (χ2n) is 15.9. The quantitative estimate of drug-likeness (QED) is 0.150. The smallest absolute Gasteiger partial charge is 0.0715 e. The average molecular weight is 776 g/mol. The highest BCUT2D eigenvalue weighted by Crippen LogP contribution is 2.56. The SMILES string of the molecule is c1ccc(-c2cc(-c3ccccc3)nc(-c3cccc(-c4cccc(-c5cccc(-c6ccc7c(c6)-c6ccccc6C7(c6ccccc6)c6ccccc6)c5)c4)c3)c2)cc1. The average Bonchev–Trinajstić information content (AvgIpc) is 3.65. The molecule has 10 aromatic rings. The van der Waals surface area contributed by atoms with Gasteiger partial charge >= 0.3 is 0 Å². The fourth-order valence-corrected chi connectivity index (χ4v) is 9.48. The molecule has 0 N–H and O–H groups in total. The van der Waals surface area contributed by atoms with E-state index in [1.54, 1.807) is 0 Å². The van der Waals surface area contributed by atoms with Gasteiger partial charge in [0.15, 0.2) is 0 Å². The van der Waals surface area contributed by atoms with Gasteiger partial charge in [-0.25, -0.2) is 4.98 Å². The number of nitrogens with zero attached hydrogens (tertiary/aromatic N) is 1. The maximum Gasteiger partial charge on any atom is 0.0715 e. The van der Waals surface area contributed by atoms with Crippen molar-refractivity contribution < 1.29 is 0 Å². The van der Waals surface area contributed by atoms with E-state index in [4.69, 9.17) is 4.98 Å². The number of pyridine rings is 1. The summed E-state index contributed by atoms with van der Waals surface area (Å²) in [7, 11) is 0. The van der Waals surface area contributed by atoms with Gasteiger partial charge in [-0.2, -0.15) is 0 Å². The summed E-state index contributed by atoms with van der Waals surface area (Å²) in [6.07, 6.45) is 0. The highest BCUT2D eigenvalue weighted by atomic mass is 14.7. The van der Waals surface area contributed by atoms with Crippen molar-refractivity contribution in [1.29, 1.82) is 0 Å². The molecule has 1 heteroatoms. The predicted octanol–water partition coefficient (Wildman–Crippen LogP) is 15.4. The molecule has 1 aliphatic carbocycles. The summed E-state index contributed by atoms with van der Waals surface area (Å²) < 4.78 is 0. The molecule has 0 aliphatic heterocycles. The zero-order valence-corrected chi connectivity index (χ0v) is 33.6. The minimum absolute atomic E-state index is 0.405. The zero-order valence-electron chi connectivity index (χ0n) is 33.6. The Morgan fingerprint density at radius 1 is 0.230 bits per heavy atom. The van der Waals surface area contributed by atoms with Gasteiger partial charge in [0.1, 0.15) is 0 Å². The predicted molar refractivity (Wildman–Crippen MR) is 254 cm³/mol. The van der Waals surface area contributed by atoms with Crippen LogP contribution in [0.4, 0.5) is 0 Å². The van der Waals surface area contributed by atoms with Gasteiger partial charge in [-0.3, -0.25) is 0 Å². The molecule has 286 valence electrons. The molecule has 9 aromatic carbocycles. The third kappa shape index (κ3) is 6.49. The van der Waals surface area contributed by atoms with E-state index in [2.05, 4.69) is 243 Å². The van der Waals surface area contributed by atoms with Crippen LogP contribution in [0.15, 0.2) is 249 Å². The number of hydrogen-bond donors (Lipinski definition) is 0. The van der Waals surface area contributed by atoms with E-state index in [1.807, 2.05) is 6.07 Å². The molecular weight excluding hydrogens is 735 g/mol. The Morgan fingerprint density at radius 3 is 1.18 bits per heavy atom. The first kappa shape index (κ1) is 36.2. The number of fused-ring (bicyclic) bond motifs is 3. The van der Waals surface area contributed by atoms with Gasteiger partial charge in [0.05, 0.1) is 16.8 Å². The largest absolute Gasteiger partial charge is 0.248 e. The maximum absolute atomic E-state index is 5.21. The summed E-state index contributed by atoms with van der Waals surface area (Å²) in [6.45, 7) is 0. The van der Waals surface area contributed by atoms with Crippen LogP contribution in [0.25, 0.3) is 78.1 Å². The van der Waals surface area contributed by atoms with Crippen molar-refractivity contribution in [3.05, 3.63) is 271 Å². The van der Waals surface area contributed by atoms with Gasteiger partial charge in [-0.05, 0) is 114 Å². The molecule has 0 radical (unpaired) electrons. The van der Waals surface area contributed by atoms with Crippen LogP contribution in [0.1, 0.15) is 22.3 Å². The second-order valence-corrected chi connectivity index (χ2v) is 15.9. The fraction of sp³-hybridized carbons (Fsp3) is 0.0167. The van der Waals surface area contributed by atoms with Crippen LogP contribution in [0.3, 0.4) is 0 Å². The molecule has 0 unspecified atom stereocenters. The van der Waals surface area contributed by atoms with Crippen LogP contribution < -0.4 is 0 Å². The Labute approximate surface area is 358 Å². The van der Waals surface area contributed by atoms with E-state index in [9.17, 15) is 0 Å². The standard InChI is InChI=1S/C60H41N/c1-5-18-42(19-6-1)51-40-58(43-20-7-2-8-21-43)61-59(41-51)50-27-17-26-48(38-50)46-24-15-22-44(36-46)45-23-16-25-47(37-45)49-34-35-57-55(39-49)54-32-13-14-33-56(54)60(57,52-28-9-3-10-29-52)53-30-11-4-12-31-53/h1-41H. The van der Waals surface area contributed by atoms with Gasteiger partial charge in [-0.1, -0.05) is 212 Å². The summed E-state index contributed by atoms with van der Waals surface area (Å²) in [5, 5.41) is 0. The molecule has 1 heterocycles. The van der Waals surface area contributed by atoms with Crippen LogP contribution in [0, 0.1) is 0 Å². The molecule has 1 nitrogen and oxygen atoms in total. The highest BCUT2D eigenvalue weighted by Gasteiger charge is 2.45. The Morgan fingerprint density at radius 2 is 0.623 bits per heavy atom. The lowest BCUT2D eigenvalue weighted by molar-refractivity contribution is 0.768. The lowest BCUT2D eigenvalue weighted by atomic mass is 9.67. The fourth-order valence-electron chi connectivity index (χ4n) is 9.48. The molecule has 11 rings (SSSR count). The van der Waals surface area contributed by atoms with Crippen LogP contribution >= 0.6 is 0 Å². The molecule has 0 fully saturated rings. The van der Waals surface area contributed by atoms with E-state index >= 15 is 0 Å². The second kappa shape index (κ2) is 15.4. The number of benzene rings is 9. The Bertz CT molecular complexity index is 3070. The topological polar surface area (TPSA) is 12.9 Å². The number of aromatic nitrogens is 1. The van der Waals surface area contributed by atoms with Gasteiger partial charge in [0.2, 0.25) is 0 Å². The number of rotatable bonds is 8. The first-order valence-corrected chi connectivity index (χ1v) is 21.0. The van der Waals surface area contributed by atoms with Crippen LogP contribution in [-0.2, 0) is 5.41 Å². The summed E-state index contributed by atoms with van der Waals surface area (Å²) in [5.74, 6) is 0. The highest BCUT2D eigenvalue weighted by molar-refractivity contribution is 5.89. The molecule has 0 atom stereocenters. The van der Waals surface area contributed by atoms with Crippen molar-refractivity contribution in [3.63, 3.8) is 0 Å². The van der Waals surface area contributed by atoms with Crippen LogP contribution in [0.5, 0.6) is 0 Å². The monoisotopic (exact) mass is 775 g/mol. The van der Waals surface area contributed by atoms with Crippen molar-refractivity contribution in [3.8, 4) is 78.1 Å². The summed E-state index contributed by atoms with van der Waals surface area (Å²) in [5.41, 5.74) is 20.9. The molecule has 1 aliphatic rings. The maximum atomic E-state index is 5.21. The van der Waals surface area contributed by atoms with Crippen molar-refractivity contribution in [2.45, 2.75) is 5.41 Å².